The maximum absolute atomic E-state index is 5.26. The van der Waals surface area contributed by atoms with Gasteiger partial charge in [-0.25, -0.2) is 0 Å². The van der Waals surface area contributed by atoms with E-state index in [0.717, 1.165) is 13.0 Å². The van der Waals surface area contributed by atoms with Gasteiger partial charge in [0.15, 0.2) is 0 Å². The monoisotopic (exact) mass is 278 g/mol. The molecule has 0 radical (unpaired) electrons. The molecule has 1 unspecified atom stereocenters. The van der Waals surface area contributed by atoms with Gasteiger partial charge in [-0.1, -0.05) is 26.2 Å². The van der Waals surface area contributed by atoms with E-state index in [2.05, 4.69) is 37.3 Å². The van der Waals surface area contributed by atoms with Crippen LogP contribution < -0.4 is 5.32 Å². The van der Waals surface area contributed by atoms with Crippen LogP contribution in [0.2, 0.25) is 0 Å². The third kappa shape index (κ3) is 3.44. The Morgan fingerprint density at radius 2 is 2.05 bits per heavy atom. The summed E-state index contributed by atoms with van der Waals surface area (Å²) in [7, 11) is 4.50. The Hall–Kier alpha value is -0.800. The Labute approximate surface area is 123 Å². The molecular weight excluding hydrogens is 248 g/mol. The minimum absolute atomic E-state index is 0.296. The van der Waals surface area contributed by atoms with Gasteiger partial charge >= 0.3 is 0 Å². The molecule has 1 atom stereocenters. The predicted octanol–water partition coefficient (Wildman–Crippen LogP) is 3.45. The zero-order valence-corrected chi connectivity index (χ0v) is 13.3. The van der Waals surface area contributed by atoms with E-state index in [1.165, 1.54) is 44.1 Å². The molecule has 1 aromatic heterocycles. The smallest absolute Gasteiger partial charge is 0.0935 e. The summed E-state index contributed by atoms with van der Waals surface area (Å²) in [6.45, 7) is 3.34. The number of hydrogen-bond donors (Lipinski definition) is 1. The lowest BCUT2D eigenvalue weighted by Crippen LogP contribution is -2.60. The van der Waals surface area contributed by atoms with Crippen LogP contribution in [0.4, 0.5) is 0 Å². The van der Waals surface area contributed by atoms with Gasteiger partial charge in [-0.3, -0.25) is 0 Å². The number of rotatable bonds is 7. The molecule has 1 aromatic rings. The van der Waals surface area contributed by atoms with E-state index in [-0.39, 0.29) is 0 Å². The first-order valence-electron chi connectivity index (χ1n) is 8.11. The van der Waals surface area contributed by atoms with E-state index >= 15 is 0 Å². The molecule has 114 valence electrons. The molecule has 1 N–H and O–H groups in total. The van der Waals surface area contributed by atoms with Crippen molar-refractivity contribution < 1.29 is 4.42 Å². The predicted molar refractivity (Wildman–Crippen MR) is 84.0 cm³/mol. The molecule has 0 bridgehead atoms. The normalized spacial score (nSPS) is 20.2. The number of likely N-dealkylation sites (N-methyl/N-ethyl adjacent to an activating group) is 1. The number of hydrogen-bond acceptors (Lipinski definition) is 3. The Balaban J connectivity index is 2.17. The summed E-state index contributed by atoms with van der Waals surface area (Å²) in [4.78, 5) is 2.47. The topological polar surface area (TPSA) is 28.4 Å². The molecule has 20 heavy (non-hydrogen) atoms. The fourth-order valence-corrected chi connectivity index (χ4v) is 3.69. The summed E-state index contributed by atoms with van der Waals surface area (Å²) >= 11 is 0. The van der Waals surface area contributed by atoms with Crippen molar-refractivity contribution in [3.8, 4) is 0 Å². The summed E-state index contributed by atoms with van der Waals surface area (Å²) in [6, 6.07) is 2.61. The zero-order chi connectivity index (χ0) is 14.4. The fraction of sp³-hybridized carbons (Fsp3) is 0.765. The zero-order valence-electron chi connectivity index (χ0n) is 13.3. The quantitative estimate of drug-likeness (QED) is 0.828. The average Bonchev–Trinajstić information content (AvgIpc) is 2.97. The number of nitrogens with one attached hydrogen (secondary N) is 1. The van der Waals surface area contributed by atoms with Gasteiger partial charge in [0.05, 0.1) is 12.5 Å². The molecule has 1 saturated carbocycles. The molecule has 3 heteroatoms. The molecule has 2 rings (SSSR count). The third-order valence-corrected chi connectivity index (χ3v) is 4.92. The highest BCUT2D eigenvalue weighted by Crippen LogP contribution is 2.36. The van der Waals surface area contributed by atoms with E-state index in [1.807, 2.05) is 6.26 Å². The lowest BCUT2D eigenvalue weighted by Gasteiger charge is -2.49. The molecule has 0 spiro atoms. The second-order valence-corrected chi connectivity index (χ2v) is 6.40. The van der Waals surface area contributed by atoms with Gasteiger partial charge in [0.25, 0.3) is 0 Å². The lowest BCUT2D eigenvalue weighted by atomic mass is 9.73. The second-order valence-electron chi connectivity index (χ2n) is 6.40. The van der Waals surface area contributed by atoms with Crippen molar-refractivity contribution in [2.75, 3.05) is 20.6 Å². The van der Waals surface area contributed by atoms with Gasteiger partial charge in [0, 0.05) is 11.6 Å². The second kappa shape index (κ2) is 7.28. The maximum atomic E-state index is 5.26. The van der Waals surface area contributed by atoms with Crippen LogP contribution in [-0.4, -0.2) is 37.1 Å². The van der Waals surface area contributed by atoms with Gasteiger partial charge in [-0.2, -0.15) is 0 Å². The van der Waals surface area contributed by atoms with Crippen LogP contribution in [0.5, 0.6) is 0 Å². The highest BCUT2D eigenvalue weighted by Gasteiger charge is 2.41. The minimum Gasteiger partial charge on any atom is -0.472 e. The van der Waals surface area contributed by atoms with E-state index < -0.39 is 0 Å². The van der Waals surface area contributed by atoms with Gasteiger partial charge < -0.3 is 14.6 Å². The molecular formula is C17H30N2O. The van der Waals surface area contributed by atoms with Crippen molar-refractivity contribution in [1.29, 1.82) is 0 Å². The lowest BCUT2D eigenvalue weighted by molar-refractivity contribution is 0.0568. The molecule has 1 aliphatic rings. The van der Waals surface area contributed by atoms with Crippen molar-refractivity contribution in [3.63, 3.8) is 0 Å². The van der Waals surface area contributed by atoms with Gasteiger partial charge in [-0.05, 0) is 58.0 Å². The summed E-state index contributed by atoms with van der Waals surface area (Å²) in [5.74, 6) is 0. The van der Waals surface area contributed by atoms with Crippen LogP contribution in [0.1, 0.15) is 51.0 Å². The molecule has 1 heterocycles. The van der Waals surface area contributed by atoms with Crippen LogP contribution in [-0.2, 0) is 6.42 Å². The number of furan rings is 1. The first-order chi connectivity index (χ1) is 9.69. The fourth-order valence-electron chi connectivity index (χ4n) is 3.69. The van der Waals surface area contributed by atoms with Crippen LogP contribution in [0, 0.1) is 0 Å². The first-order valence-corrected chi connectivity index (χ1v) is 8.11. The van der Waals surface area contributed by atoms with E-state index in [4.69, 9.17) is 4.42 Å². The van der Waals surface area contributed by atoms with Crippen LogP contribution >= 0.6 is 0 Å². The molecule has 0 aliphatic heterocycles. The van der Waals surface area contributed by atoms with Crippen molar-refractivity contribution in [2.45, 2.75) is 63.5 Å². The SMILES string of the molecule is CCCNC(Cc1ccoc1)C1(N(C)C)CCCCC1. The Morgan fingerprint density at radius 3 is 2.60 bits per heavy atom. The highest BCUT2D eigenvalue weighted by atomic mass is 16.3. The standard InChI is InChI=1S/C17H30N2O/c1-4-11-18-16(13-15-8-12-20-14-15)17(19(2)3)9-6-5-7-10-17/h8,12,14,16,18H,4-7,9-11,13H2,1-3H3. The Morgan fingerprint density at radius 1 is 1.30 bits per heavy atom. The highest BCUT2D eigenvalue weighted by molar-refractivity contribution is 5.12. The molecule has 3 nitrogen and oxygen atoms in total. The summed E-state index contributed by atoms with van der Waals surface area (Å²) < 4.78 is 5.26. The van der Waals surface area contributed by atoms with E-state index in [1.54, 1.807) is 6.26 Å². The maximum Gasteiger partial charge on any atom is 0.0935 e. The van der Waals surface area contributed by atoms with Crippen molar-refractivity contribution in [3.05, 3.63) is 24.2 Å². The summed E-state index contributed by atoms with van der Waals surface area (Å²) in [5.41, 5.74) is 1.61. The van der Waals surface area contributed by atoms with E-state index in [9.17, 15) is 0 Å². The van der Waals surface area contributed by atoms with Crippen LogP contribution in [0.25, 0.3) is 0 Å². The first kappa shape index (κ1) is 15.6. The summed E-state index contributed by atoms with van der Waals surface area (Å²) in [6.07, 6.45) is 12.6. The summed E-state index contributed by atoms with van der Waals surface area (Å²) in [5, 5.41) is 3.82. The molecule has 1 fully saturated rings. The van der Waals surface area contributed by atoms with Crippen molar-refractivity contribution in [1.82, 2.24) is 10.2 Å². The number of nitrogens with zero attached hydrogens (tertiary/aromatic N) is 1. The van der Waals surface area contributed by atoms with Crippen LogP contribution in [0.3, 0.4) is 0 Å². The third-order valence-electron chi connectivity index (χ3n) is 4.92. The average molecular weight is 278 g/mol. The Kier molecular flexibility index (Phi) is 5.67. The molecule has 0 saturated heterocycles. The van der Waals surface area contributed by atoms with Crippen molar-refractivity contribution in [2.24, 2.45) is 0 Å². The van der Waals surface area contributed by atoms with Gasteiger partial charge in [-0.15, -0.1) is 0 Å². The largest absolute Gasteiger partial charge is 0.472 e. The van der Waals surface area contributed by atoms with Gasteiger partial charge in [0.1, 0.15) is 0 Å². The van der Waals surface area contributed by atoms with Crippen LogP contribution in [0.15, 0.2) is 23.0 Å². The van der Waals surface area contributed by atoms with Gasteiger partial charge in [0.2, 0.25) is 0 Å². The Bertz CT molecular complexity index is 366. The van der Waals surface area contributed by atoms with E-state index in [0.29, 0.717) is 11.6 Å². The molecule has 0 amide bonds. The minimum atomic E-state index is 0.296. The molecule has 0 aromatic carbocycles. The van der Waals surface area contributed by atoms with Crippen molar-refractivity contribution >= 4 is 0 Å². The molecule has 1 aliphatic carbocycles.